The van der Waals surface area contributed by atoms with Gasteiger partial charge < -0.3 is 9.84 Å². The molecule has 0 radical (unpaired) electrons. The first-order chi connectivity index (χ1) is 7.27. The molecular weight excluding hydrogens is 192 g/mol. The topological polar surface area (TPSA) is 46.5 Å². The summed E-state index contributed by atoms with van der Waals surface area (Å²) in [7, 11) is 0. The molecule has 0 heterocycles. The highest BCUT2D eigenvalue weighted by molar-refractivity contribution is 5.88. The molecule has 1 N–H and O–H groups in total. The van der Waals surface area contributed by atoms with Crippen LogP contribution in [0.2, 0.25) is 0 Å². The van der Waals surface area contributed by atoms with Gasteiger partial charge in [-0.05, 0) is 12.5 Å². The lowest BCUT2D eigenvalue weighted by molar-refractivity contribution is -0.138. The van der Waals surface area contributed by atoms with Crippen LogP contribution >= 0.6 is 0 Å². The van der Waals surface area contributed by atoms with E-state index in [1.165, 1.54) is 0 Å². The van der Waals surface area contributed by atoms with Gasteiger partial charge in [-0.1, -0.05) is 30.3 Å². The maximum atomic E-state index is 11.3. The number of ether oxygens (including phenoxy) is 1. The molecule has 1 rings (SSSR count). The lowest BCUT2D eigenvalue weighted by Gasteiger charge is -2.05. The van der Waals surface area contributed by atoms with Gasteiger partial charge >= 0.3 is 5.97 Å². The average Bonchev–Trinajstić information content (AvgIpc) is 2.27. The van der Waals surface area contributed by atoms with E-state index in [1.54, 1.807) is 6.92 Å². The number of aliphatic hydroxyl groups is 1. The maximum Gasteiger partial charge on any atom is 0.337 e. The minimum absolute atomic E-state index is 0.267. The SMILES string of the molecule is CCOC(=O)C(=CO)Cc1ccccc1. The number of rotatable bonds is 4. The first-order valence-electron chi connectivity index (χ1n) is 4.82. The van der Waals surface area contributed by atoms with Crippen molar-refractivity contribution >= 4 is 5.97 Å². The standard InChI is InChI=1S/C12H14O3/c1-2-15-12(14)11(9-13)8-10-6-4-3-5-7-10/h3-7,9,13H,2,8H2,1H3. The van der Waals surface area contributed by atoms with Gasteiger partial charge in [-0.3, -0.25) is 0 Å². The van der Waals surface area contributed by atoms with Gasteiger partial charge in [0.15, 0.2) is 0 Å². The van der Waals surface area contributed by atoms with Crippen molar-refractivity contribution in [1.29, 1.82) is 0 Å². The minimum Gasteiger partial charge on any atom is -0.515 e. The second-order valence-corrected chi connectivity index (χ2v) is 3.04. The van der Waals surface area contributed by atoms with Crippen molar-refractivity contribution in [2.24, 2.45) is 0 Å². The molecule has 0 aliphatic heterocycles. The van der Waals surface area contributed by atoms with Crippen molar-refractivity contribution in [3.63, 3.8) is 0 Å². The van der Waals surface area contributed by atoms with E-state index < -0.39 is 5.97 Å². The van der Waals surface area contributed by atoms with Crippen molar-refractivity contribution in [2.45, 2.75) is 13.3 Å². The van der Waals surface area contributed by atoms with E-state index in [0.29, 0.717) is 13.0 Å². The van der Waals surface area contributed by atoms with Crippen molar-refractivity contribution in [1.82, 2.24) is 0 Å². The molecule has 3 heteroatoms. The van der Waals surface area contributed by atoms with E-state index in [2.05, 4.69) is 0 Å². The first-order valence-corrected chi connectivity index (χ1v) is 4.82. The summed E-state index contributed by atoms with van der Waals surface area (Å²) in [5.41, 5.74) is 1.23. The Hall–Kier alpha value is -1.77. The van der Waals surface area contributed by atoms with Crippen LogP contribution < -0.4 is 0 Å². The Morgan fingerprint density at radius 3 is 2.60 bits per heavy atom. The largest absolute Gasteiger partial charge is 0.515 e. The number of hydrogen-bond acceptors (Lipinski definition) is 3. The third kappa shape index (κ3) is 3.46. The molecule has 3 nitrogen and oxygen atoms in total. The smallest absolute Gasteiger partial charge is 0.337 e. The summed E-state index contributed by atoms with van der Waals surface area (Å²) in [6.45, 7) is 2.04. The first kappa shape index (κ1) is 11.3. The fourth-order valence-electron chi connectivity index (χ4n) is 1.21. The number of aliphatic hydroxyl groups excluding tert-OH is 1. The van der Waals surface area contributed by atoms with Crippen LogP contribution in [0.3, 0.4) is 0 Å². The number of hydrogen-bond donors (Lipinski definition) is 1. The highest BCUT2D eigenvalue weighted by Gasteiger charge is 2.10. The van der Waals surface area contributed by atoms with Crippen LogP contribution in [0.15, 0.2) is 42.2 Å². The Morgan fingerprint density at radius 1 is 1.40 bits per heavy atom. The summed E-state index contributed by atoms with van der Waals surface area (Å²) in [5, 5.41) is 8.92. The van der Waals surface area contributed by atoms with Crippen molar-refractivity contribution in [2.75, 3.05) is 6.61 Å². The summed E-state index contributed by atoms with van der Waals surface area (Å²) in [6, 6.07) is 9.45. The molecule has 15 heavy (non-hydrogen) atoms. The molecular formula is C12H14O3. The van der Waals surface area contributed by atoms with Crippen LogP contribution in [0.1, 0.15) is 12.5 Å². The Kier molecular flexibility index (Phi) is 4.41. The van der Waals surface area contributed by atoms with Gasteiger partial charge in [0.25, 0.3) is 0 Å². The lowest BCUT2D eigenvalue weighted by atomic mass is 10.1. The molecule has 1 aromatic carbocycles. The summed E-state index contributed by atoms with van der Waals surface area (Å²) in [5.74, 6) is -0.469. The van der Waals surface area contributed by atoms with E-state index in [-0.39, 0.29) is 5.57 Å². The summed E-state index contributed by atoms with van der Waals surface area (Å²) < 4.78 is 4.80. The van der Waals surface area contributed by atoms with Gasteiger partial charge in [-0.15, -0.1) is 0 Å². The molecule has 0 atom stereocenters. The second kappa shape index (κ2) is 5.86. The predicted octanol–water partition coefficient (Wildman–Crippen LogP) is 2.23. The van der Waals surface area contributed by atoms with Crippen LogP contribution in [0.4, 0.5) is 0 Å². The van der Waals surface area contributed by atoms with Crippen LogP contribution in [0, 0.1) is 0 Å². The minimum atomic E-state index is -0.469. The van der Waals surface area contributed by atoms with Crippen LogP contribution in [0.5, 0.6) is 0 Å². The molecule has 0 bridgehead atoms. The normalized spacial score (nSPS) is 11.1. The average molecular weight is 206 g/mol. The van der Waals surface area contributed by atoms with Gasteiger partial charge in [0.2, 0.25) is 0 Å². The molecule has 0 unspecified atom stereocenters. The summed E-state index contributed by atoms with van der Waals surface area (Å²) in [4.78, 5) is 11.3. The molecule has 0 aliphatic carbocycles. The number of carbonyl (C=O) groups is 1. The molecule has 0 spiro atoms. The van der Waals surface area contributed by atoms with Crippen LogP contribution in [-0.4, -0.2) is 17.7 Å². The van der Waals surface area contributed by atoms with E-state index in [9.17, 15) is 4.79 Å². The summed E-state index contributed by atoms with van der Waals surface area (Å²) in [6.07, 6.45) is 1.20. The fourth-order valence-corrected chi connectivity index (χ4v) is 1.21. The lowest BCUT2D eigenvalue weighted by Crippen LogP contribution is -2.09. The zero-order valence-corrected chi connectivity index (χ0v) is 8.64. The molecule has 0 saturated carbocycles. The third-order valence-electron chi connectivity index (χ3n) is 1.93. The molecule has 0 amide bonds. The molecule has 0 fully saturated rings. The van der Waals surface area contributed by atoms with Crippen molar-refractivity contribution < 1.29 is 14.6 Å². The monoisotopic (exact) mass is 206 g/mol. The molecule has 1 aromatic rings. The highest BCUT2D eigenvalue weighted by Crippen LogP contribution is 2.08. The second-order valence-electron chi connectivity index (χ2n) is 3.04. The van der Waals surface area contributed by atoms with Crippen molar-refractivity contribution in [3.8, 4) is 0 Å². The molecule has 0 aromatic heterocycles. The quantitative estimate of drug-likeness (QED) is 0.467. The zero-order valence-electron chi connectivity index (χ0n) is 8.64. The van der Waals surface area contributed by atoms with Gasteiger partial charge in [-0.2, -0.15) is 0 Å². The van der Waals surface area contributed by atoms with E-state index >= 15 is 0 Å². The van der Waals surface area contributed by atoms with Crippen LogP contribution in [0.25, 0.3) is 0 Å². The molecule has 0 aliphatic rings. The van der Waals surface area contributed by atoms with Gasteiger partial charge in [0, 0.05) is 6.42 Å². The Labute approximate surface area is 89.0 Å². The maximum absolute atomic E-state index is 11.3. The predicted molar refractivity (Wildman–Crippen MR) is 57.5 cm³/mol. The molecule has 0 saturated heterocycles. The number of esters is 1. The Bertz CT molecular complexity index is 341. The fraction of sp³-hybridized carbons (Fsp3) is 0.250. The molecule has 80 valence electrons. The van der Waals surface area contributed by atoms with Crippen LogP contribution in [-0.2, 0) is 16.0 Å². The van der Waals surface area contributed by atoms with Gasteiger partial charge in [0.05, 0.1) is 18.4 Å². The Balaban J connectivity index is 2.67. The van der Waals surface area contributed by atoms with E-state index in [4.69, 9.17) is 9.84 Å². The third-order valence-corrected chi connectivity index (χ3v) is 1.93. The van der Waals surface area contributed by atoms with Gasteiger partial charge in [-0.25, -0.2) is 4.79 Å². The number of benzene rings is 1. The van der Waals surface area contributed by atoms with E-state index in [1.807, 2.05) is 30.3 Å². The highest BCUT2D eigenvalue weighted by atomic mass is 16.5. The van der Waals surface area contributed by atoms with E-state index in [0.717, 1.165) is 11.8 Å². The zero-order chi connectivity index (χ0) is 11.1. The Morgan fingerprint density at radius 2 is 2.07 bits per heavy atom. The summed E-state index contributed by atoms with van der Waals surface area (Å²) >= 11 is 0. The van der Waals surface area contributed by atoms with Crippen molar-refractivity contribution in [3.05, 3.63) is 47.7 Å². The van der Waals surface area contributed by atoms with Gasteiger partial charge in [0.1, 0.15) is 0 Å². The number of carbonyl (C=O) groups excluding carboxylic acids is 1.